The Morgan fingerprint density at radius 2 is 2.00 bits per heavy atom. The molecule has 0 aliphatic heterocycles. The van der Waals surface area contributed by atoms with Crippen LogP contribution in [0.25, 0.3) is 0 Å². The highest BCUT2D eigenvalue weighted by atomic mass is 32.3. The molecular formula is C3H6O4S. The van der Waals surface area contributed by atoms with E-state index in [1.165, 1.54) is 6.92 Å². The van der Waals surface area contributed by atoms with Gasteiger partial charge in [0, 0.05) is 7.43 Å². The quantitative estimate of drug-likeness (QED) is 0.541. The maximum atomic E-state index is 9.56. The van der Waals surface area contributed by atoms with Crippen LogP contribution in [-0.2, 0) is 14.6 Å². The molecule has 0 atom stereocenters. The maximum Gasteiger partial charge on any atom is 0.397 e. The van der Waals surface area contributed by atoms with Crippen LogP contribution in [0.1, 0.15) is 6.92 Å². The highest BCUT2D eigenvalue weighted by Crippen LogP contribution is 1.81. The smallest absolute Gasteiger partial charge is 0.264 e. The molecule has 0 spiro atoms. The van der Waals surface area contributed by atoms with Gasteiger partial charge < -0.3 is 0 Å². The van der Waals surface area contributed by atoms with E-state index in [4.69, 9.17) is 4.55 Å². The summed E-state index contributed by atoms with van der Waals surface area (Å²) in [5.74, 6) is 0. The zero-order chi connectivity index (χ0) is 5.91. The summed E-state index contributed by atoms with van der Waals surface area (Å²) >= 11 is 0. The lowest BCUT2D eigenvalue weighted by Crippen LogP contribution is -2.01. The van der Waals surface area contributed by atoms with E-state index in [1.54, 1.807) is 0 Å². The Bertz CT molecular complexity index is 124. The van der Waals surface area contributed by atoms with Gasteiger partial charge in [-0.1, -0.05) is 0 Å². The average molecular weight is 138 g/mol. The molecule has 8 heavy (non-hydrogen) atoms. The Balaban J connectivity index is 0. The zero-order valence-electron chi connectivity index (χ0n) is 4.29. The first-order chi connectivity index (χ1) is 3.06. The van der Waals surface area contributed by atoms with E-state index in [9.17, 15) is 8.42 Å². The Hall–Kier alpha value is -0.130. The summed E-state index contributed by atoms with van der Waals surface area (Å²) in [6.07, 6.45) is 0. The van der Waals surface area contributed by atoms with E-state index in [0.29, 0.717) is 0 Å². The lowest BCUT2D eigenvalue weighted by Gasteiger charge is -1.88. The van der Waals surface area contributed by atoms with Crippen LogP contribution in [0.4, 0.5) is 0 Å². The topological polar surface area (TPSA) is 63.6 Å². The highest BCUT2D eigenvalue weighted by Gasteiger charge is 1.98. The predicted octanol–water partition coefficient (Wildman–Crippen LogP) is -0.0930. The van der Waals surface area contributed by atoms with E-state index >= 15 is 0 Å². The number of hydrogen-bond acceptors (Lipinski definition) is 3. The molecule has 0 rings (SSSR count). The molecule has 0 aromatic heterocycles. The van der Waals surface area contributed by atoms with Crippen LogP contribution in [0.5, 0.6) is 0 Å². The normalized spacial score (nSPS) is 10.2. The molecule has 1 N–H and O–H groups in total. The summed E-state index contributed by atoms with van der Waals surface area (Å²) in [5.41, 5.74) is 0. The van der Waals surface area contributed by atoms with E-state index in [0.717, 1.165) is 0 Å². The molecule has 0 bridgehead atoms. The molecule has 4 nitrogen and oxygen atoms in total. The Morgan fingerprint density at radius 1 is 1.62 bits per heavy atom. The molecule has 0 fully saturated rings. The van der Waals surface area contributed by atoms with E-state index in [-0.39, 0.29) is 14.0 Å². The van der Waals surface area contributed by atoms with Crippen LogP contribution < -0.4 is 0 Å². The van der Waals surface area contributed by atoms with Crippen molar-refractivity contribution in [2.75, 3.05) is 6.61 Å². The fraction of sp³-hybridized carbons (Fsp3) is 0.667. The molecule has 4 radical (unpaired) electrons. The van der Waals surface area contributed by atoms with Crippen LogP contribution in [0.15, 0.2) is 0 Å². The molecule has 5 heteroatoms. The fourth-order valence-corrected chi connectivity index (χ4v) is 0.447. The second-order valence-electron chi connectivity index (χ2n) is 0.834. The molecule has 0 aliphatic carbocycles. The van der Waals surface area contributed by atoms with Crippen molar-refractivity contribution in [1.82, 2.24) is 0 Å². The molecule has 48 valence electrons. The third-order valence-corrected chi connectivity index (χ3v) is 0.800. The fourth-order valence-electron chi connectivity index (χ4n) is 0.149. The predicted molar refractivity (Wildman–Crippen MR) is 26.4 cm³/mol. The third kappa shape index (κ3) is 9.30. The molecule has 0 aromatic rings. The summed E-state index contributed by atoms with van der Waals surface area (Å²) in [7, 11) is -4.17. The monoisotopic (exact) mass is 138 g/mol. The summed E-state index contributed by atoms with van der Waals surface area (Å²) in [6, 6.07) is 0. The zero-order valence-corrected chi connectivity index (χ0v) is 5.10. The van der Waals surface area contributed by atoms with Gasteiger partial charge in [0.25, 0.3) is 0 Å². The van der Waals surface area contributed by atoms with Crippen LogP contribution in [0.3, 0.4) is 0 Å². The van der Waals surface area contributed by atoms with Gasteiger partial charge in [-0.15, -0.1) is 0 Å². The van der Waals surface area contributed by atoms with Crippen molar-refractivity contribution in [3.05, 3.63) is 7.43 Å². The van der Waals surface area contributed by atoms with Gasteiger partial charge in [-0.25, -0.2) is 4.18 Å². The molecule has 0 amide bonds. The molecule has 0 saturated heterocycles. The average Bonchev–Trinajstić information content (AvgIpc) is 1.30. The van der Waals surface area contributed by atoms with Crippen molar-refractivity contribution in [3.63, 3.8) is 0 Å². The molecule has 0 saturated carbocycles. The lowest BCUT2D eigenvalue weighted by atomic mass is 10.9. The van der Waals surface area contributed by atoms with Crippen molar-refractivity contribution in [2.45, 2.75) is 6.92 Å². The van der Waals surface area contributed by atoms with Crippen LogP contribution in [0.2, 0.25) is 0 Å². The van der Waals surface area contributed by atoms with Crippen LogP contribution in [-0.4, -0.2) is 19.6 Å². The van der Waals surface area contributed by atoms with E-state index in [2.05, 4.69) is 4.18 Å². The maximum absolute atomic E-state index is 9.56. The second-order valence-corrected chi connectivity index (χ2v) is 1.93. The van der Waals surface area contributed by atoms with Crippen molar-refractivity contribution in [1.29, 1.82) is 0 Å². The highest BCUT2D eigenvalue weighted by molar-refractivity contribution is 7.80. The van der Waals surface area contributed by atoms with Crippen molar-refractivity contribution in [3.8, 4) is 0 Å². The first-order valence-corrected chi connectivity index (χ1v) is 3.04. The Labute approximate surface area is 49.4 Å². The molecule has 0 aromatic carbocycles. The van der Waals surface area contributed by atoms with E-state index < -0.39 is 10.4 Å². The van der Waals surface area contributed by atoms with Gasteiger partial charge in [0.2, 0.25) is 0 Å². The van der Waals surface area contributed by atoms with Crippen LogP contribution >= 0.6 is 0 Å². The van der Waals surface area contributed by atoms with Crippen molar-refractivity contribution in [2.24, 2.45) is 0 Å². The van der Waals surface area contributed by atoms with Gasteiger partial charge in [-0.3, -0.25) is 4.55 Å². The second kappa shape index (κ2) is 3.82. The molecule has 0 aliphatic rings. The first kappa shape index (κ1) is 10.8. The lowest BCUT2D eigenvalue weighted by molar-refractivity contribution is 0.283. The Kier molecular flexibility index (Phi) is 5.15. The molecule has 0 unspecified atom stereocenters. The summed E-state index contributed by atoms with van der Waals surface area (Å²) in [4.78, 5) is 0. The Morgan fingerprint density at radius 3 is 2.00 bits per heavy atom. The first-order valence-electron chi connectivity index (χ1n) is 1.68. The van der Waals surface area contributed by atoms with Gasteiger partial charge in [-0.05, 0) is 6.92 Å². The number of rotatable bonds is 2. The SMILES string of the molecule is CCOS(=O)(=O)O.[C]. The van der Waals surface area contributed by atoms with Gasteiger partial charge in [0.05, 0.1) is 6.61 Å². The van der Waals surface area contributed by atoms with E-state index in [1.807, 2.05) is 0 Å². The minimum absolute atomic E-state index is 0. The number of hydrogen-bond donors (Lipinski definition) is 1. The van der Waals surface area contributed by atoms with Gasteiger partial charge in [0.1, 0.15) is 0 Å². The van der Waals surface area contributed by atoms with Gasteiger partial charge in [0.15, 0.2) is 0 Å². The summed E-state index contributed by atoms with van der Waals surface area (Å²) in [5, 5.41) is 0. The minimum Gasteiger partial charge on any atom is -0.264 e. The standard InChI is InChI=1S/C2H6O4S.C/c1-2-6-7(3,4)5;/h2H2,1H3,(H,3,4,5);. The summed E-state index contributed by atoms with van der Waals surface area (Å²) < 4.78 is 30.7. The van der Waals surface area contributed by atoms with Gasteiger partial charge >= 0.3 is 10.4 Å². The third-order valence-electron chi connectivity index (χ3n) is 0.267. The minimum atomic E-state index is -4.17. The van der Waals surface area contributed by atoms with Crippen LogP contribution in [0, 0.1) is 7.43 Å². The summed E-state index contributed by atoms with van der Waals surface area (Å²) in [6.45, 7) is 1.44. The molecule has 0 heterocycles. The van der Waals surface area contributed by atoms with Gasteiger partial charge in [-0.2, -0.15) is 8.42 Å². The van der Waals surface area contributed by atoms with Crippen molar-refractivity contribution >= 4 is 10.4 Å². The molecular weight excluding hydrogens is 132 g/mol. The largest absolute Gasteiger partial charge is 0.397 e. The van der Waals surface area contributed by atoms with Crippen molar-refractivity contribution < 1.29 is 17.2 Å².